The number of hydrogen-bond donors (Lipinski definition) is 3. The Morgan fingerprint density at radius 2 is 0.990 bits per heavy atom. The van der Waals surface area contributed by atoms with Gasteiger partial charge < -0.3 is 50.1 Å². The van der Waals surface area contributed by atoms with Crippen molar-refractivity contribution in [3.63, 3.8) is 0 Å². The van der Waals surface area contributed by atoms with Crippen molar-refractivity contribution in [1.82, 2.24) is 0 Å². The molecule has 0 aromatic heterocycles. The van der Waals surface area contributed by atoms with Crippen LogP contribution in [0, 0.1) is 0 Å². The third-order valence-electron chi connectivity index (χ3n) is 11.9. The Morgan fingerprint density at radius 3 is 1.48 bits per heavy atom. The van der Waals surface area contributed by atoms with Gasteiger partial charge in [0.1, 0.15) is 53.6 Å². The fourth-order valence-corrected chi connectivity index (χ4v) is 16.0. The molecule has 36 nitrogen and oxygen atoms in total. The van der Waals surface area contributed by atoms with Crippen LogP contribution in [0.2, 0.25) is 0 Å². The van der Waals surface area contributed by atoms with E-state index in [0.29, 0.717) is 12.1 Å². The van der Waals surface area contributed by atoms with Crippen LogP contribution in [0.4, 0.5) is 34.1 Å². The van der Waals surface area contributed by atoms with Crippen molar-refractivity contribution in [2.75, 3.05) is 27.6 Å². The van der Waals surface area contributed by atoms with E-state index in [2.05, 4.69) is 43.4 Å². The minimum atomic E-state index is -5.52. The zero-order valence-corrected chi connectivity index (χ0v) is 70.3. The third kappa shape index (κ3) is 24.9. The smallest absolute Gasteiger partial charge is 0.744 e. The van der Waals surface area contributed by atoms with Crippen LogP contribution in [-0.2, 0) is 128 Å². The number of ketones is 2. The molecule has 3 unspecified atom stereocenters. The van der Waals surface area contributed by atoms with Gasteiger partial charge in [-0.05, 0) is 102 Å². The molecule has 0 bridgehead atoms. The molecule has 0 heterocycles. The predicted octanol–water partition coefficient (Wildman–Crippen LogP) is -17.1. The first-order chi connectivity index (χ1) is 42.9. The second kappa shape index (κ2) is 40.6. The molecule has 0 saturated carbocycles. The molecule has 51 heteroatoms. The number of azo groups is 2. The molecule has 0 amide bonds. The molecule has 492 valence electrons. The topological polar surface area (TPSA) is 613 Å². The molecule has 0 fully saturated rings. The van der Waals surface area contributed by atoms with Crippen LogP contribution < -0.4 is 199 Å². The van der Waals surface area contributed by atoms with Crippen molar-refractivity contribution in [2.45, 2.75) is 35.8 Å². The summed E-state index contributed by atoms with van der Waals surface area (Å²) in [7, 11) is -32.1. The summed E-state index contributed by atoms with van der Waals surface area (Å²) in [4.78, 5) is 30.4. The molecule has 7 aromatic carbocycles. The number of fused-ring (bicyclic) bond motifs is 3. The van der Waals surface area contributed by atoms with Crippen molar-refractivity contribution in [3.8, 4) is 5.75 Å². The second-order valence-electron chi connectivity index (χ2n) is 17.6. The Hall–Kier alpha value is -1.88. The summed E-state index contributed by atoms with van der Waals surface area (Å²) in [6, 6.07) is 21.4. The number of hydrogen-bond acceptors (Lipinski definition) is 36. The molecule has 0 saturated heterocycles. The quantitative estimate of drug-likeness (QED) is 0.0102. The minimum absolute atomic E-state index is 0. The van der Waals surface area contributed by atoms with E-state index in [0.717, 1.165) is 42.5 Å². The van der Waals surface area contributed by atoms with Crippen molar-refractivity contribution in [1.29, 1.82) is 0 Å². The van der Waals surface area contributed by atoms with Crippen molar-refractivity contribution in [3.05, 3.63) is 149 Å². The van der Waals surface area contributed by atoms with Gasteiger partial charge in [0.05, 0.1) is 69.0 Å². The van der Waals surface area contributed by atoms with E-state index in [-0.39, 0.29) is 228 Å². The molecule has 3 atom stereocenters. The first kappa shape index (κ1) is 96.1. The monoisotopic (exact) mass is 1590 g/mol. The molecular weight excluding hydrogens is 1560 g/mol. The summed E-state index contributed by atoms with van der Waals surface area (Å²) in [5.74, 6) is -4.02. The van der Waals surface area contributed by atoms with Crippen LogP contribution in [0.25, 0.3) is 10.8 Å². The van der Waals surface area contributed by atoms with Crippen LogP contribution in [0.1, 0.15) is 43.0 Å². The number of aromatic hydroxyl groups is 1. The number of phenolic OH excluding ortho intramolecular Hbond substituents is 1. The first-order valence-corrected chi connectivity index (χ1v) is 36.2. The van der Waals surface area contributed by atoms with Crippen LogP contribution >= 0.6 is 0 Å². The maximum Gasteiger partial charge on any atom is 1.00 e. The third-order valence-corrected chi connectivity index (χ3v) is 22.3. The number of carbonyl (C=O) groups excluding carboxylic acids is 3. The van der Waals surface area contributed by atoms with Gasteiger partial charge in [0, 0.05) is 21.6 Å². The molecule has 7 aromatic rings. The van der Waals surface area contributed by atoms with Gasteiger partial charge in [-0.3, -0.25) is 28.1 Å². The van der Waals surface area contributed by atoms with Crippen molar-refractivity contribution in [2.24, 2.45) is 20.5 Å². The van der Waals surface area contributed by atoms with Crippen molar-refractivity contribution < 1.29 is 312 Å². The zero-order chi connectivity index (χ0) is 68.6. The van der Waals surface area contributed by atoms with E-state index in [1.807, 2.05) is 6.79 Å². The van der Waals surface area contributed by atoms with Gasteiger partial charge in [0.25, 0.3) is 0 Å². The molecule has 5 N–H and O–H groups in total. The molecule has 8 rings (SSSR count). The predicted molar refractivity (Wildman–Crippen MR) is 302 cm³/mol. The summed E-state index contributed by atoms with van der Waals surface area (Å²) >= 11 is -5.00. The average Bonchev–Trinajstić information content (AvgIpc) is 0.742. The Labute approximate surface area is 696 Å². The van der Waals surface area contributed by atoms with Crippen LogP contribution in [0.5, 0.6) is 5.75 Å². The number of phenols is 1. The van der Waals surface area contributed by atoms with E-state index in [1.54, 1.807) is 0 Å². The van der Waals surface area contributed by atoms with Crippen LogP contribution in [0.15, 0.2) is 165 Å². The SMILES string of the molecule is C=O.Nc1c(N=Nc2ccc(S(=O)CS(=O)OO[O-])cc2)c(S(=O)(=O)[O-])cc2cc(S(=O)(=O)[O-])c(N=Nc3ccc(S(=O)(=O)CS(=O)OO[O-])cc3)c(O)c12.Nc1c(S(=O)(=O)[O-])cc(Cc2cccc(S(=O)(=O)COS(=O)(=O)[O-])c2)c2c1C(=O)c1ccccc1C2=O.[Na+].[Na+].[Na+].[Na+].[Na+].[Na+]. The molecular formula is C47H34N6Na6O30S9. The number of carbonyl (C=O) groups is 3. The Kier molecular flexibility index (Phi) is 39.8. The van der Waals surface area contributed by atoms with E-state index in [9.17, 15) is 107 Å². The van der Waals surface area contributed by atoms with Gasteiger partial charge in [0.2, 0.25) is 31.3 Å². The Bertz CT molecular complexity index is 4990. The molecule has 0 spiro atoms. The van der Waals surface area contributed by atoms with Gasteiger partial charge in [0.15, 0.2) is 49.3 Å². The summed E-state index contributed by atoms with van der Waals surface area (Å²) in [6.07, 6.45) is -0.323. The Morgan fingerprint density at radius 1 is 0.520 bits per heavy atom. The van der Waals surface area contributed by atoms with Crippen LogP contribution in [-0.4, -0.2) is 121 Å². The summed E-state index contributed by atoms with van der Waals surface area (Å²) in [5.41, 5.74) is 7.88. The number of nitrogens with two attached hydrogens (primary N) is 2. The number of benzene rings is 7. The summed E-state index contributed by atoms with van der Waals surface area (Å²) < 4.78 is 237. The minimum Gasteiger partial charge on any atom is -0.744 e. The molecule has 98 heavy (non-hydrogen) atoms. The molecule has 0 radical (unpaired) electrons. The van der Waals surface area contributed by atoms with E-state index >= 15 is 0 Å². The van der Waals surface area contributed by atoms with Gasteiger partial charge >= 0.3 is 177 Å². The molecule has 0 aliphatic heterocycles. The zero-order valence-electron chi connectivity index (χ0n) is 50.9. The number of anilines is 2. The largest absolute Gasteiger partial charge is 1.00 e. The van der Waals surface area contributed by atoms with E-state index in [1.165, 1.54) is 60.7 Å². The van der Waals surface area contributed by atoms with E-state index in [4.69, 9.17) is 16.3 Å². The summed E-state index contributed by atoms with van der Waals surface area (Å²) in [6.45, 7) is 2.00. The van der Waals surface area contributed by atoms with Gasteiger partial charge in [-0.15, -0.1) is 18.9 Å². The van der Waals surface area contributed by atoms with Crippen molar-refractivity contribution >= 4 is 157 Å². The van der Waals surface area contributed by atoms with Gasteiger partial charge in [-0.1, -0.05) is 36.4 Å². The van der Waals surface area contributed by atoms with Gasteiger partial charge in [-0.25, -0.2) is 58.9 Å². The fraction of sp³-hybridized carbons (Fsp3) is 0.0851. The average molecular weight is 1590 g/mol. The number of rotatable bonds is 23. The molecule has 1 aliphatic carbocycles. The first-order valence-electron chi connectivity index (χ1n) is 23.6. The standard InChI is InChI=1S/C24H21N5O18S6.C22H17NO11S3.CH2O.6Na/c25-21-20-13(9-18(52(38,39)40)22(21)28-26-14-1-5-16(6-2-14)48(33)11-49(34)46-44-31)10-19(53(41,42)43)23(24(20)30)29-27-15-3-7-17(8-4-15)51(36,37)12-50(35)47-45-32;23-20-17(36(28,29)30)10-13(18-19(20)22(25)16-7-2-1-6-15(16)21(18)24)8-12-4-3-5-14(9-12)35(26,27)11-34-37(31,32)33;1-2;;;;;;/h1-10,30-32H,11-12,25H2,(H,38,39,40)(H,41,42,43);1-7,9-10H,8,11,23H2,(H,28,29,30)(H,31,32,33);1H2;;;;;;/q;;;6*+1/p-6. The second-order valence-corrected chi connectivity index (χ2v) is 30.9. The number of nitrogen functional groups attached to an aromatic ring is 2. The Balaban J connectivity index is 0.00000185. The number of sulfone groups is 2. The molecule has 1 aliphatic rings. The number of nitrogens with zero attached hydrogens (tertiary/aromatic N) is 4. The maximum absolute atomic E-state index is 13.3. The summed E-state index contributed by atoms with van der Waals surface area (Å²) in [5, 5.41) is 48.8. The van der Waals surface area contributed by atoms with E-state index < -0.39 is 190 Å². The van der Waals surface area contributed by atoms with Gasteiger partial charge in [-0.2, -0.15) is 10.2 Å². The van der Waals surface area contributed by atoms with Crippen LogP contribution in [0.3, 0.4) is 0 Å². The normalized spacial score (nSPS) is 13.1. The maximum atomic E-state index is 13.3. The fourth-order valence-electron chi connectivity index (χ4n) is 8.12.